The molecule has 316 valence electrons. The summed E-state index contributed by atoms with van der Waals surface area (Å²) in [6, 6.07) is 0. The Hall–Kier alpha value is -2.73. The van der Waals surface area contributed by atoms with Gasteiger partial charge in [0.25, 0.3) is 0 Å². The van der Waals surface area contributed by atoms with Gasteiger partial charge in [0.2, 0.25) is 0 Å². The van der Waals surface area contributed by atoms with E-state index in [4.69, 9.17) is 28.4 Å². The van der Waals surface area contributed by atoms with E-state index in [-0.39, 0.29) is 64.5 Å². The first-order chi connectivity index (χ1) is 26.1. The topological polar surface area (TPSA) is 161 Å². The van der Waals surface area contributed by atoms with Crippen LogP contribution in [0.3, 0.4) is 0 Å². The van der Waals surface area contributed by atoms with Crippen LogP contribution < -0.4 is 0 Å². The molecular weight excluding hydrogens is 696 g/mol. The minimum absolute atomic E-state index is 0.182. The lowest BCUT2D eigenvalue weighted by molar-refractivity contribution is -0.183. The van der Waals surface area contributed by atoms with Crippen LogP contribution in [0.2, 0.25) is 0 Å². The molecule has 0 saturated heterocycles. The molecule has 12 nitrogen and oxygen atoms in total. The number of hydrogen-bond donors (Lipinski definition) is 1. The molecule has 0 aliphatic rings. The average Bonchev–Trinajstić information content (AvgIpc) is 3.15. The van der Waals surface area contributed by atoms with Crippen LogP contribution in [0.25, 0.3) is 0 Å². The average molecular weight is 773 g/mol. The van der Waals surface area contributed by atoms with Gasteiger partial charge in [0, 0.05) is 19.3 Å². The molecule has 0 radical (unpaired) electrons. The van der Waals surface area contributed by atoms with Gasteiger partial charge in [0.1, 0.15) is 32.5 Å². The Balaban J connectivity index is 4.94. The van der Waals surface area contributed by atoms with E-state index in [1.165, 1.54) is 0 Å². The van der Waals surface area contributed by atoms with Gasteiger partial charge in [-0.25, -0.2) is 0 Å². The highest BCUT2D eigenvalue weighted by Crippen LogP contribution is 2.13. The minimum atomic E-state index is -1.11. The second-order valence-electron chi connectivity index (χ2n) is 14.3. The number of unbranched alkanes of at least 4 members (excludes halogenated alkanes) is 16. The Labute approximate surface area is 326 Å². The van der Waals surface area contributed by atoms with E-state index in [2.05, 4.69) is 27.7 Å². The first-order valence-electron chi connectivity index (χ1n) is 21.3. The molecule has 3 atom stereocenters. The molecule has 0 spiro atoms. The highest BCUT2D eigenvalue weighted by atomic mass is 16.6. The van der Waals surface area contributed by atoms with E-state index in [9.17, 15) is 29.1 Å². The van der Waals surface area contributed by atoms with Gasteiger partial charge in [-0.3, -0.25) is 24.0 Å². The van der Waals surface area contributed by atoms with Crippen molar-refractivity contribution in [2.75, 3.05) is 26.4 Å². The van der Waals surface area contributed by atoms with Crippen LogP contribution in [0.5, 0.6) is 0 Å². The van der Waals surface area contributed by atoms with Crippen molar-refractivity contribution in [1.82, 2.24) is 0 Å². The third-order valence-corrected chi connectivity index (χ3v) is 8.91. The van der Waals surface area contributed by atoms with Gasteiger partial charge < -0.3 is 33.5 Å². The fourth-order valence-electron chi connectivity index (χ4n) is 5.56. The first-order valence-corrected chi connectivity index (χ1v) is 21.3. The van der Waals surface area contributed by atoms with Crippen molar-refractivity contribution in [2.24, 2.45) is 0 Å². The Kier molecular flexibility index (Phi) is 35.3. The van der Waals surface area contributed by atoms with E-state index >= 15 is 0 Å². The third kappa shape index (κ3) is 33.8. The van der Waals surface area contributed by atoms with Crippen molar-refractivity contribution in [2.45, 2.75) is 213 Å². The van der Waals surface area contributed by atoms with Crippen molar-refractivity contribution in [3.05, 3.63) is 0 Å². The Morgan fingerprint density at radius 1 is 0.389 bits per heavy atom. The van der Waals surface area contributed by atoms with E-state index in [0.29, 0.717) is 19.3 Å². The molecule has 0 aliphatic carbocycles. The minimum Gasteiger partial charge on any atom is -0.463 e. The van der Waals surface area contributed by atoms with Gasteiger partial charge in [-0.2, -0.15) is 0 Å². The molecular formula is C42H76O12. The predicted molar refractivity (Wildman–Crippen MR) is 207 cm³/mol. The Bertz CT molecular complexity index is 956. The predicted octanol–water partition coefficient (Wildman–Crippen LogP) is 9.00. The maximum atomic E-state index is 12.6. The first kappa shape index (κ1) is 51.3. The molecule has 0 amide bonds. The van der Waals surface area contributed by atoms with E-state index in [1.807, 2.05) is 0 Å². The van der Waals surface area contributed by atoms with Crippen LogP contribution in [-0.2, 0) is 52.4 Å². The van der Waals surface area contributed by atoms with Crippen molar-refractivity contribution < 1.29 is 57.5 Å². The van der Waals surface area contributed by atoms with Gasteiger partial charge in [-0.15, -0.1) is 0 Å². The van der Waals surface area contributed by atoms with E-state index in [0.717, 1.165) is 116 Å². The lowest BCUT2D eigenvalue weighted by atomic mass is 10.1. The normalized spacial score (nSPS) is 12.8. The van der Waals surface area contributed by atoms with Crippen LogP contribution in [-0.4, -0.2) is 79.9 Å². The van der Waals surface area contributed by atoms with Crippen LogP contribution in [0.4, 0.5) is 0 Å². The maximum Gasteiger partial charge on any atom is 0.306 e. The van der Waals surface area contributed by atoms with Crippen LogP contribution in [0.15, 0.2) is 0 Å². The van der Waals surface area contributed by atoms with E-state index < -0.39 is 42.4 Å². The smallest absolute Gasteiger partial charge is 0.306 e. The summed E-state index contributed by atoms with van der Waals surface area (Å²) in [5.74, 6) is -2.65. The summed E-state index contributed by atoms with van der Waals surface area (Å²) < 4.78 is 32.5. The fraction of sp³-hybridized carbons (Fsp3) is 0.881. The molecule has 1 N–H and O–H groups in total. The van der Waals surface area contributed by atoms with Gasteiger partial charge >= 0.3 is 29.8 Å². The van der Waals surface area contributed by atoms with Crippen molar-refractivity contribution >= 4 is 29.8 Å². The molecule has 0 bridgehead atoms. The molecule has 0 rings (SSSR count). The van der Waals surface area contributed by atoms with Crippen molar-refractivity contribution in [3.8, 4) is 0 Å². The van der Waals surface area contributed by atoms with Crippen molar-refractivity contribution in [1.29, 1.82) is 0 Å². The molecule has 2 unspecified atom stereocenters. The van der Waals surface area contributed by atoms with Gasteiger partial charge in [-0.1, -0.05) is 130 Å². The van der Waals surface area contributed by atoms with Gasteiger partial charge in [0.15, 0.2) is 12.4 Å². The molecule has 0 saturated carbocycles. The van der Waals surface area contributed by atoms with Gasteiger partial charge in [-0.05, 0) is 32.1 Å². The number of aliphatic hydroxyl groups excluding tert-OH is 1. The van der Waals surface area contributed by atoms with Gasteiger partial charge in [0.05, 0.1) is 12.8 Å². The summed E-state index contributed by atoms with van der Waals surface area (Å²) in [6.45, 7) is 7.47. The standard InChI is InChI=1S/C42H76O12/c1-5-9-13-17-21-25-37(43)49-31-35(53-41(47)27-23-19-15-11-7-3)33-51-39(45)29-30-40(46)52-34-36(54-42(48)28-24-20-16-12-8-4)32-50-38(44)26-22-18-14-10-6-2/h35-36,41,47H,5-34H2,1-4H3/t35?,36?,41-/m1/s1. The molecule has 0 aromatic rings. The highest BCUT2D eigenvalue weighted by molar-refractivity contribution is 5.77. The zero-order chi connectivity index (χ0) is 40.1. The number of carbonyl (C=O) groups excluding carboxylic acids is 5. The summed E-state index contributed by atoms with van der Waals surface area (Å²) in [5, 5.41) is 10.5. The zero-order valence-corrected chi connectivity index (χ0v) is 34.4. The quantitative estimate of drug-likeness (QED) is 0.0275. The van der Waals surface area contributed by atoms with Crippen LogP contribution in [0, 0.1) is 0 Å². The summed E-state index contributed by atoms with van der Waals surface area (Å²) in [6.07, 6.45) is 17.3. The second-order valence-corrected chi connectivity index (χ2v) is 14.3. The highest BCUT2D eigenvalue weighted by Gasteiger charge is 2.22. The summed E-state index contributed by atoms with van der Waals surface area (Å²) >= 11 is 0. The third-order valence-electron chi connectivity index (χ3n) is 8.91. The van der Waals surface area contributed by atoms with Crippen LogP contribution >= 0.6 is 0 Å². The number of carbonyl (C=O) groups is 5. The Morgan fingerprint density at radius 2 is 0.704 bits per heavy atom. The monoisotopic (exact) mass is 773 g/mol. The molecule has 0 heterocycles. The number of rotatable bonds is 38. The van der Waals surface area contributed by atoms with Crippen LogP contribution in [0.1, 0.15) is 195 Å². The molecule has 0 fully saturated rings. The summed E-state index contributed by atoms with van der Waals surface area (Å²) in [4.78, 5) is 62.2. The Morgan fingerprint density at radius 3 is 1.09 bits per heavy atom. The molecule has 0 aliphatic heterocycles. The molecule has 54 heavy (non-hydrogen) atoms. The lowest BCUT2D eigenvalue weighted by Gasteiger charge is -2.21. The summed E-state index contributed by atoms with van der Waals surface area (Å²) in [5.41, 5.74) is 0. The number of ether oxygens (including phenoxy) is 6. The number of esters is 5. The SMILES string of the molecule is CCCCCCCC(=O)OCC(COC(=O)CCC(=O)OCC(COC(=O)CCCCCCC)O[C@@H](O)CCCCCCC)OC(=O)CCCCCCC. The fourth-order valence-corrected chi connectivity index (χ4v) is 5.56. The zero-order valence-electron chi connectivity index (χ0n) is 34.4. The molecule has 0 aromatic heterocycles. The molecule has 12 heteroatoms. The van der Waals surface area contributed by atoms with Crippen molar-refractivity contribution in [3.63, 3.8) is 0 Å². The van der Waals surface area contributed by atoms with E-state index in [1.54, 1.807) is 0 Å². The number of aliphatic hydroxyl groups is 1. The number of hydrogen-bond acceptors (Lipinski definition) is 12. The largest absolute Gasteiger partial charge is 0.463 e. The summed E-state index contributed by atoms with van der Waals surface area (Å²) in [7, 11) is 0. The maximum absolute atomic E-state index is 12.6. The molecule has 0 aromatic carbocycles. The lowest BCUT2D eigenvalue weighted by Crippen LogP contribution is -2.32. The second kappa shape index (κ2) is 37.2.